The molecule has 0 bridgehead atoms. The van der Waals surface area contributed by atoms with Gasteiger partial charge in [0.1, 0.15) is 0 Å². The van der Waals surface area contributed by atoms with Crippen LogP contribution in [0.25, 0.3) is 21.8 Å². The fourth-order valence-corrected chi connectivity index (χ4v) is 5.09. The number of aromatic nitrogens is 3. The first kappa shape index (κ1) is 23.8. The lowest BCUT2D eigenvalue weighted by atomic mass is 9.96. The molecule has 7 heteroatoms. The summed E-state index contributed by atoms with van der Waals surface area (Å²) in [4.78, 5) is 25.2. The Balaban J connectivity index is 2.07. The summed E-state index contributed by atoms with van der Waals surface area (Å²) in [7, 11) is 0. The minimum absolute atomic E-state index is 0.0433. The first-order valence-electron chi connectivity index (χ1n) is 11.0. The molecule has 0 saturated heterocycles. The van der Waals surface area contributed by atoms with Crippen LogP contribution in [0.4, 0.5) is 0 Å². The number of unbranched alkanes of at least 4 members (excludes halogenated alkanes) is 1. The van der Waals surface area contributed by atoms with Crippen LogP contribution in [0.3, 0.4) is 0 Å². The third kappa shape index (κ3) is 4.81. The molecule has 0 unspecified atom stereocenters. The van der Waals surface area contributed by atoms with E-state index in [9.17, 15) is 9.59 Å². The van der Waals surface area contributed by atoms with Gasteiger partial charge in [-0.2, -0.15) is 9.78 Å². The van der Waals surface area contributed by atoms with Gasteiger partial charge in [-0.15, -0.1) is 0 Å². The van der Waals surface area contributed by atoms with Gasteiger partial charge >= 0.3 is 5.97 Å². The predicted molar refractivity (Wildman–Crippen MR) is 133 cm³/mol. The summed E-state index contributed by atoms with van der Waals surface area (Å²) < 4.78 is 10.3. The maximum absolute atomic E-state index is 12.9. The van der Waals surface area contributed by atoms with Gasteiger partial charge in [0, 0.05) is 32.0 Å². The Morgan fingerprint density at radius 2 is 1.90 bits per heavy atom. The van der Waals surface area contributed by atoms with Crippen LogP contribution in [-0.4, -0.2) is 32.8 Å². The van der Waals surface area contributed by atoms with E-state index in [1.54, 1.807) is 6.20 Å². The smallest absolute Gasteiger partial charge is 0.307 e. The van der Waals surface area contributed by atoms with Gasteiger partial charge in [0.25, 0.3) is 5.91 Å². The molecule has 2 heterocycles. The van der Waals surface area contributed by atoms with Crippen molar-refractivity contribution in [3.05, 3.63) is 27.6 Å². The summed E-state index contributed by atoms with van der Waals surface area (Å²) in [6, 6.07) is 4.14. The minimum Gasteiger partial charge on any atom is -0.466 e. The molecule has 0 atom stereocenters. The molecule has 0 spiro atoms. The van der Waals surface area contributed by atoms with E-state index in [2.05, 4.69) is 59.1 Å². The van der Waals surface area contributed by atoms with Crippen LogP contribution in [0.1, 0.15) is 77.2 Å². The third-order valence-electron chi connectivity index (χ3n) is 5.41. The second-order valence-corrected chi connectivity index (χ2v) is 10.4. The SMILES string of the molecule is CCCCOC(=O)CCn1c(C(C)C)c(I)c2cc3cnn(C(=O)C(C)(C)C)c3cc21. The van der Waals surface area contributed by atoms with Crippen LogP contribution >= 0.6 is 22.6 Å². The first-order chi connectivity index (χ1) is 14.6. The Labute approximate surface area is 197 Å². The molecule has 31 heavy (non-hydrogen) atoms. The fraction of sp³-hybridized carbons (Fsp3) is 0.542. The van der Waals surface area contributed by atoms with Crippen molar-refractivity contribution in [2.75, 3.05) is 6.61 Å². The zero-order valence-electron chi connectivity index (χ0n) is 19.3. The summed E-state index contributed by atoms with van der Waals surface area (Å²) in [6.07, 6.45) is 3.97. The van der Waals surface area contributed by atoms with E-state index < -0.39 is 5.41 Å². The lowest BCUT2D eigenvalue weighted by Gasteiger charge is -2.17. The van der Waals surface area contributed by atoms with E-state index in [1.165, 1.54) is 13.9 Å². The largest absolute Gasteiger partial charge is 0.466 e. The molecule has 2 aromatic heterocycles. The normalized spacial score (nSPS) is 12.3. The van der Waals surface area contributed by atoms with E-state index in [1.807, 2.05) is 26.8 Å². The molecule has 0 aliphatic heterocycles. The van der Waals surface area contributed by atoms with Crippen LogP contribution in [0.5, 0.6) is 0 Å². The second kappa shape index (κ2) is 9.30. The van der Waals surface area contributed by atoms with Crippen LogP contribution < -0.4 is 0 Å². The van der Waals surface area contributed by atoms with E-state index in [0.29, 0.717) is 25.5 Å². The lowest BCUT2D eigenvalue weighted by Crippen LogP contribution is -2.27. The van der Waals surface area contributed by atoms with Gasteiger partial charge in [0.15, 0.2) is 0 Å². The third-order valence-corrected chi connectivity index (χ3v) is 6.54. The monoisotopic (exact) mass is 537 g/mol. The average Bonchev–Trinajstić information content (AvgIpc) is 3.22. The van der Waals surface area contributed by atoms with Gasteiger partial charge in [0.2, 0.25) is 0 Å². The standard InChI is InChI=1S/C24H32IN3O3/c1-7-8-11-31-20(29)9-10-27-19-13-18-16(12-17(19)21(25)22(27)15(2)3)14-26-28(18)23(30)24(4,5)6/h12-15H,7-11H2,1-6H3. The molecule has 0 aliphatic carbocycles. The molecular formula is C24H32IN3O3. The predicted octanol–water partition coefficient (Wildman–Crippen LogP) is 6.14. The number of carbonyl (C=O) groups is 2. The zero-order valence-corrected chi connectivity index (χ0v) is 21.4. The van der Waals surface area contributed by atoms with Gasteiger partial charge in [-0.3, -0.25) is 9.59 Å². The van der Waals surface area contributed by atoms with Gasteiger partial charge in [-0.25, -0.2) is 0 Å². The highest BCUT2D eigenvalue weighted by Gasteiger charge is 2.26. The van der Waals surface area contributed by atoms with Gasteiger partial charge in [-0.1, -0.05) is 48.0 Å². The van der Waals surface area contributed by atoms with E-state index in [4.69, 9.17) is 4.74 Å². The Morgan fingerprint density at radius 1 is 1.19 bits per heavy atom. The Kier molecular flexibility index (Phi) is 7.13. The van der Waals surface area contributed by atoms with Crippen molar-refractivity contribution in [2.45, 2.75) is 73.3 Å². The molecule has 168 valence electrons. The summed E-state index contributed by atoms with van der Waals surface area (Å²) >= 11 is 2.39. The quantitative estimate of drug-likeness (QED) is 0.206. The molecule has 3 aromatic rings. The van der Waals surface area contributed by atoms with Crippen LogP contribution in [-0.2, 0) is 16.1 Å². The maximum atomic E-state index is 12.9. The number of hydrogen-bond acceptors (Lipinski definition) is 4. The minimum atomic E-state index is -0.532. The lowest BCUT2D eigenvalue weighted by molar-refractivity contribution is -0.144. The number of rotatable bonds is 7. The maximum Gasteiger partial charge on any atom is 0.307 e. The highest BCUT2D eigenvalue weighted by molar-refractivity contribution is 14.1. The van der Waals surface area contributed by atoms with Gasteiger partial charge in [-0.05, 0) is 47.1 Å². The van der Waals surface area contributed by atoms with E-state index >= 15 is 0 Å². The van der Waals surface area contributed by atoms with Crippen molar-refractivity contribution in [2.24, 2.45) is 5.41 Å². The summed E-state index contributed by atoms with van der Waals surface area (Å²) in [5.74, 6) is 0.0820. The molecule has 0 aliphatic rings. The Morgan fingerprint density at radius 3 is 2.52 bits per heavy atom. The fourth-order valence-electron chi connectivity index (χ4n) is 3.74. The first-order valence-corrected chi connectivity index (χ1v) is 12.0. The Hall–Kier alpha value is -1.90. The molecular weight excluding hydrogens is 505 g/mol. The van der Waals surface area contributed by atoms with Gasteiger partial charge in [0.05, 0.1) is 30.3 Å². The van der Waals surface area contributed by atoms with Crippen molar-refractivity contribution in [3.8, 4) is 0 Å². The molecule has 3 rings (SSSR count). The van der Waals surface area contributed by atoms with Crippen LogP contribution in [0, 0.1) is 8.99 Å². The number of halogens is 1. The number of aryl methyl sites for hydroxylation is 1. The number of fused-ring (bicyclic) bond motifs is 2. The molecule has 0 amide bonds. The molecule has 0 saturated carbocycles. The second-order valence-electron chi connectivity index (χ2n) is 9.37. The number of nitrogens with zero attached hydrogens (tertiary/aromatic N) is 3. The van der Waals surface area contributed by atoms with Crippen molar-refractivity contribution in [1.29, 1.82) is 0 Å². The van der Waals surface area contributed by atoms with Crippen molar-refractivity contribution >= 4 is 56.3 Å². The van der Waals surface area contributed by atoms with Crippen molar-refractivity contribution in [3.63, 3.8) is 0 Å². The Bertz CT molecular complexity index is 1120. The van der Waals surface area contributed by atoms with Crippen molar-refractivity contribution < 1.29 is 14.3 Å². The number of ether oxygens (including phenoxy) is 1. The summed E-state index contributed by atoms with van der Waals surface area (Å²) in [6.45, 7) is 13.1. The average molecular weight is 537 g/mol. The van der Waals surface area contributed by atoms with Crippen molar-refractivity contribution in [1.82, 2.24) is 14.3 Å². The van der Waals surface area contributed by atoms with Crippen LogP contribution in [0.2, 0.25) is 0 Å². The highest BCUT2D eigenvalue weighted by atomic mass is 127. The molecule has 1 aromatic carbocycles. The number of esters is 1. The number of carbonyl (C=O) groups excluding carboxylic acids is 2. The topological polar surface area (TPSA) is 66.1 Å². The highest BCUT2D eigenvalue weighted by Crippen LogP contribution is 2.35. The zero-order chi connectivity index (χ0) is 22.9. The number of benzene rings is 1. The molecule has 0 radical (unpaired) electrons. The molecule has 0 N–H and O–H groups in total. The molecule has 0 fully saturated rings. The summed E-state index contributed by atoms with van der Waals surface area (Å²) in [5, 5.41) is 6.44. The summed E-state index contributed by atoms with van der Waals surface area (Å²) in [5.41, 5.74) is 2.48. The molecule has 6 nitrogen and oxygen atoms in total. The van der Waals surface area contributed by atoms with E-state index in [0.717, 1.165) is 34.6 Å². The van der Waals surface area contributed by atoms with Gasteiger partial charge < -0.3 is 9.30 Å². The van der Waals surface area contributed by atoms with E-state index in [-0.39, 0.29) is 11.9 Å². The number of hydrogen-bond donors (Lipinski definition) is 0. The van der Waals surface area contributed by atoms with Crippen LogP contribution in [0.15, 0.2) is 18.3 Å².